The fourth-order valence-electron chi connectivity index (χ4n) is 4.53. The number of hydrogen-bond acceptors (Lipinski definition) is 7. The summed E-state index contributed by atoms with van der Waals surface area (Å²) in [5.74, 6) is 1.57. The van der Waals surface area contributed by atoms with E-state index in [-0.39, 0.29) is 30.1 Å². The maximum Gasteiger partial charge on any atom is 0.207 e. The SMILES string of the molecule is C=N/N=C(/C)OCCOCC(NC)c1ccc2[nH]c(C(NC=O)C3CCC(C)CC3)nc2c1F. The topological polar surface area (TPSA) is 113 Å². The molecular formula is C24H35FN6O3. The molecule has 1 saturated carbocycles. The summed E-state index contributed by atoms with van der Waals surface area (Å²) in [4.78, 5) is 19.1. The molecule has 3 rings (SSSR count). The summed E-state index contributed by atoms with van der Waals surface area (Å²) in [5, 5.41) is 13.1. The molecule has 0 bridgehead atoms. The Kier molecular flexibility index (Phi) is 9.52. The lowest BCUT2D eigenvalue weighted by Gasteiger charge is -2.31. The average molecular weight is 475 g/mol. The first kappa shape index (κ1) is 25.8. The van der Waals surface area contributed by atoms with Crippen LogP contribution >= 0.6 is 0 Å². The molecule has 0 saturated heterocycles. The summed E-state index contributed by atoms with van der Waals surface area (Å²) in [6, 6.07) is 2.93. The first-order valence-corrected chi connectivity index (χ1v) is 11.7. The number of benzene rings is 1. The molecule has 1 aromatic carbocycles. The molecule has 0 radical (unpaired) electrons. The number of hydrogen-bond donors (Lipinski definition) is 3. The van der Waals surface area contributed by atoms with E-state index in [2.05, 4.69) is 44.4 Å². The van der Waals surface area contributed by atoms with E-state index in [0.29, 0.717) is 48.3 Å². The van der Waals surface area contributed by atoms with Crippen LogP contribution in [0.3, 0.4) is 0 Å². The summed E-state index contributed by atoms with van der Waals surface area (Å²) in [7, 11) is 1.75. The normalized spacial score (nSPS) is 20.6. The maximum absolute atomic E-state index is 15.5. The number of ether oxygens (including phenoxy) is 2. The number of rotatable bonds is 12. The Labute approximate surface area is 199 Å². The van der Waals surface area contributed by atoms with Crippen LogP contribution in [0.15, 0.2) is 22.3 Å². The van der Waals surface area contributed by atoms with E-state index in [1.807, 2.05) is 6.07 Å². The third-order valence-corrected chi connectivity index (χ3v) is 6.47. The van der Waals surface area contributed by atoms with Gasteiger partial charge in [0.1, 0.15) is 17.9 Å². The van der Waals surface area contributed by atoms with E-state index in [1.54, 1.807) is 20.0 Å². The molecule has 10 heteroatoms. The molecule has 3 N–H and O–H groups in total. The highest BCUT2D eigenvalue weighted by Gasteiger charge is 2.30. The number of nitrogens with zero attached hydrogens (tertiary/aromatic N) is 3. The van der Waals surface area contributed by atoms with Crippen molar-refractivity contribution >= 4 is 30.1 Å². The second kappa shape index (κ2) is 12.6. The van der Waals surface area contributed by atoms with Crippen LogP contribution < -0.4 is 10.6 Å². The monoisotopic (exact) mass is 474 g/mol. The Balaban J connectivity index is 1.71. The van der Waals surface area contributed by atoms with Crippen LogP contribution in [0.25, 0.3) is 11.0 Å². The lowest BCUT2D eigenvalue weighted by Crippen LogP contribution is -2.30. The van der Waals surface area contributed by atoms with Gasteiger partial charge in [0.2, 0.25) is 12.3 Å². The molecule has 2 unspecified atom stereocenters. The van der Waals surface area contributed by atoms with Crippen molar-refractivity contribution in [2.45, 2.75) is 51.6 Å². The summed E-state index contributed by atoms with van der Waals surface area (Å²) >= 11 is 0. The number of amides is 1. The fourth-order valence-corrected chi connectivity index (χ4v) is 4.53. The molecule has 0 spiro atoms. The number of H-pyrrole nitrogens is 1. The molecule has 1 amide bonds. The highest BCUT2D eigenvalue weighted by molar-refractivity contribution is 5.77. The van der Waals surface area contributed by atoms with Crippen LogP contribution in [0.4, 0.5) is 4.39 Å². The van der Waals surface area contributed by atoms with Crippen LogP contribution in [-0.4, -0.2) is 55.9 Å². The van der Waals surface area contributed by atoms with E-state index in [0.717, 1.165) is 25.7 Å². The number of imidazole rings is 1. The number of halogens is 1. The standard InChI is InChI=1S/C24H35FN6O3/c1-15-5-7-17(8-6-15)22(28-14-32)24-29-19-10-9-18(21(25)23(19)30-24)20(26-3)13-33-11-12-34-16(2)31-27-4/h9-10,14-15,17,20,22,26H,4-8,11-13H2,1-3H3,(H,28,32)(H,29,30)/b31-16-. The van der Waals surface area contributed by atoms with Crippen molar-refractivity contribution in [1.82, 2.24) is 20.6 Å². The van der Waals surface area contributed by atoms with Gasteiger partial charge in [-0.15, -0.1) is 5.10 Å². The molecule has 9 nitrogen and oxygen atoms in total. The zero-order valence-electron chi connectivity index (χ0n) is 20.1. The first-order chi connectivity index (χ1) is 16.5. The minimum atomic E-state index is -0.402. The smallest absolute Gasteiger partial charge is 0.207 e. The summed E-state index contributed by atoms with van der Waals surface area (Å²) in [6.45, 7) is 8.07. The van der Waals surface area contributed by atoms with Gasteiger partial charge in [0, 0.05) is 19.2 Å². The highest BCUT2D eigenvalue weighted by Crippen LogP contribution is 2.36. The van der Waals surface area contributed by atoms with Crippen molar-refractivity contribution in [2.75, 3.05) is 26.9 Å². The molecule has 1 fully saturated rings. The zero-order chi connectivity index (χ0) is 24.5. The molecule has 0 aliphatic heterocycles. The molecule has 1 aromatic heterocycles. The number of nitrogens with one attached hydrogen (secondary N) is 3. The maximum atomic E-state index is 15.5. The molecular weight excluding hydrogens is 439 g/mol. The van der Waals surface area contributed by atoms with Crippen LogP contribution in [-0.2, 0) is 14.3 Å². The Morgan fingerprint density at radius 1 is 1.35 bits per heavy atom. The lowest BCUT2D eigenvalue weighted by atomic mass is 9.79. The lowest BCUT2D eigenvalue weighted by molar-refractivity contribution is -0.110. The molecule has 1 heterocycles. The molecule has 1 aliphatic rings. The quantitative estimate of drug-likeness (QED) is 0.143. The van der Waals surface area contributed by atoms with Crippen molar-refractivity contribution in [3.63, 3.8) is 0 Å². The van der Waals surface area contributed by atoms with Crippen molar-refractivity contribution < 1.29 is 18.7 Å². The minimum absolute atomic E-state index is 0.255. The van der Waals surface area contributed by atoms with Crippen LogP contribution in [0.1, 0.15) is 63.0 Å². The number of carbonyl (C=O) groups is 1. The van der Waals surface area contributed by atoms with E-state index in [9.17, 15) is 4.79 Å². The predicted octanol–water partition coefficient (Wildman–Crippen LogP) is 3.64. The van der Waals surface area contributed by atoms with E-state index in [4.69, 9.17) is 9.47 Å². The molecule has 2 atom stereocenters. The largest absolute Gasteiger partial charge is 0.477 e. The first-order valence-electron chi connectivity index (χ1n) is 11.7. The Bertz CT molecular complexity index is 986. The van der Waals surface area contributed by atoms with E-state index >= 15 is 4.39 Å². The summed E-state index contributed by atoms with van der Waals surface area (Å²) < 4.78 is 26.5. The van der Waals surface area contributed by atoms with Gasteiger partial charge in [-0.2, -0.15) is 5.10 Å². The molecule has 186 valence electrons. The van der Waals surface area contributed by atoms with Gasteiger partial charge >= 0.3 is 0 Å². The number of carbonyl (C=O) groups excluding carboxylic acids is 1. The van der Waals surface area contributed by atoms with Gasteiger partial charge in [-0.3, -0.25) is 4.79 Å². The predicted molar refractivity (Wildman–Crippen MR) is 130 cm³/mol. The van der Waals surface area contributed by atoms with Crippen molar-refractivity contribution in [3.05, 3.63) is 29.3 Å². The Morgan fingerprint density at radius 3 is 2.79 bits per heavy atom. The number of likely N-dealkylation sites (N-methyl/N-ethyl adjacent to an activating group) is 1. The number of aromatic nitrogens is 2. The fraction of sp³-hybridized carbons (Fsp3) is 0.583. The minimum Gasteiger partial charge on any atom is -0.477 e. The average Bonchev–Trinajstić information content (AvgIpc) is 3.26. The molecule has 34 heavy (non-hydrogen) atoms. The van der Waals surface area contributed by atoms with E-state index in [1.165, 1.54) is 0 Å². The van der Waals surface area contributed by atoms with Crippen molar-refractivity contribution in [1.29, 1.82) is 0 Å². The third kappa shape index (κ3) is 6.38. The zero-order valence-corrected chi connectivity index (χ0v) is 20.1. The van der Waals surface area contributed by atoms with Crippen LogP contribution in [0.5, 0.6) is 0 Å². The Morgan fingerprint density at radius 2 is 2.12 bits per heavy atom. The van der Waals surface area contributed by atoms with E-state index < -0.39 is 5.82 Å². The third-order valence-electron chi connectivity index (χ3n) is 6.47. The van der Waals surface area contributed by atoms with Gasteiger partial charge in [0.25, 0.3) is 0 Å². The number of fused-ring (bicyclic) bond motifs is 1. The Hall–Kier alpha value is -2.85. The van der Waals surface area contributed by atoms with Gasteiger partial charge in [-0.1, -0.05) is 25.8 Å². The van der Waals surface area contributed by atoms with Crippen LogP contribution in [0.2, 0.25) is 0 Å². The van der Waals surface area contributed by atoms with Gasteiger partial charge in [0.05, 0.1) is 30.8 Å². The molecule has 2 aromatic rings. The summed E-state index contributed by atoms with van der Waals surface area (Å²) in [5.41, 5.74) is 1.34. The van der Waals surface area contributed by atoms with Gasteiger partial charge in [-0.25, -0.2) is 9.37 Å². The van der Waals surface area contributed by atoms with Crippen LogP contribution in [0, 0.1) is 17.7 Å². The second-order valence-electron chi connectivity index (χ2n) is 8.79. The van der Waals surface area contributed by atoms with Gasteiger partial charge < -0.3 is 25.1 Å². The van der Waals surface area contributed by atoms with Crippen molar-refractivity contribution in [2.24, 2.45) is 22.0 Å². The summed E-state index contributed by atoms with van der Waals surface area (Å²) in [6.07, 6.45) is 4.96. The van der Waals surface area contributed by atoms with Gasteiger partial charge in [-0.05, 0) is 37.8 Å². The molecule has 1 aliphatic carbocycles. The second-order valence-corrected chi connectivity index (χ2v) is 8.79. The highest BCUT2D eigenvalue weighted by atomic mass is 19.1. The van der Waals surface area contributed by atoms with Gasteiger partial charge in [0.15, 0.2) is 5.82 Å². The number of aromatic amines is 1. The van der Waals surface area contributed by atoms with Crippen molar-refractivity contribution in [3.8, 4) is 0 Å².